The van der Waals surface area contributed by atoms with Crippen LogP contribution in [0.3, 0.4) is 0 Å². The number of hydrogen-bond donors (Lipinski definition) is 0. The Labute approximate surface area is 170 Å². The lowest BCUT2D eigenvalue weighted by molar-refractivity contribution is -0.128. The summed E-state index contributed by atoms with van der Waals surface area (Å²) < 4.78 is 5.24. The van der Waals surface area contributed by atoms with Crippen LogP contribution in [0.1, 0.15) is 17.2 Å². The number of rotatable bonds is 4. The Morgan fingerprint density at radius 1 is 0.828 bits per heavy atom. The number of anilines is 2. The zero-order valence-corrected chi connectivity index (χ0v) is 16.4. The third-order valence-corrected chi connectivity index (χ3v) is 5.13. The van der Waals surface area contributed by atoms with Gasteiger partial charge >= 0.3 is 0 Å². The maximum Gasteiger partial charge on any atom is 0.255 e. The van der Waals surface area contributed by atoms with Gasteiger partial charge in [-0.15, -0.1) is 0 Å². The molecule has 5 heteroatoms. The van der Waals surface area contributed by atoms with E-state index >= 15 is 0 Å². The second-order valence-electron chi connectivity index (χ2n) is 7.03. The highest BCUT2D eigenvalue weighted by molar-refractivity contribution is 6.14. The number of carbonyl (C=O) groups is 2. The first-order chi connectivity index (χ1) is 14.1. The molecule has 1 unspecified atom stereocenters. The van der Waals surface area contributed by atoms with Gasteiger partial charge in [-0.1, -0.05) is 48.0 Å². The lowest BCUT2D eigenvalue weighted by Gasteiger charge is -2.40. The van der Waals surface area contributed by atoms with Crippen molar-refractivity contribution in [3.63, 3.8) is 0 Å². The molecule has 0 N–H and O–H groups in total. The summed E-state index contributed by atoms with van der Waals surface area (Å²) in [5.74, 6) is 0.435. The normalized spacial score (nSPS) is 16.8. The van der Waals surface area contributed by atoms with E-state index in [1.165, 1.54) is 0 Å². The van der Waals surface area contributed by atoms with E-state index in [9.17, 15) is 9.59 Å². The average molecular weight is 386 g/mol. The number of nitrogens with zero attached hydrogens (tertiary/aromatic N) is 2. The van der Waals surface area contributed by atoms with Crippen LogP contribution in [0.5, 0.6) is 5.75 Å². The largest absolute Gasteiger partial charge is 0.497 e. The molecule has 0 bridgehead atoms. The molecule has 4 rings (SSSR count). The molecular formula is C24H22N2O3. The topological polar surface area (TPSA) is 49.9 Å². The van der Waals surface area contributed by atoms with E-state index in [1.54, 1.807) is 29.0 Å². The second kappa shape index (κ2) is 7.80. The molecule has 3 aromatic rings. The van der Waals surface area contributed by atoms with Crippen molar-refractivity contribution in [1.82, 2.24) is 0 Å². The fourth-order valence-electron chi connectivity index (χ4n) is 3.59. The van der Waals surface area contributed by atoms with Crippen molar-refractivity contribution in [3.8, 4) is 5.75 Å². The Bertz CT molecular complexity index is 1010. The Hall–Kier alpha value is -3.60. The minimum absolute atomic E-state index is 0.00342. The molecule has 1 aliphatic rings. The zero-order chi connectivity index (χ0) is 20.4. The SMILES string of the molecule is COc1ccc(C2C(=O)N(c3ccc(C)cc3)CC(=O)N2c2ccccc2)cc1. The molecule has 3 aromatic carbocycles. The molecule has 1 atom stereocenters. The number of hydrogen-bond acceptors (Lipinski definition) is 3. The number of methoxy groups -OCH3 is 1. The minimum Gasteiger partial charge on any atom is -0.497 e. The van der Waals surface area contributed by atoms with E-state index in [0.717, 1.165) is 16.8 Å². The maximum absolute atomic E-state index is 13.6. The highest BCUT2D eigenvalue weighted by atomic mass is 16.5. The summed E-state index contributed by atoms with van der Waals surface area (Å²) in [6.07, 6.45) is 0. The second-order valence-corrected chi connectivity index (χ2v) is 7.03. The summed E-state index contributed by atoms with van der Waals surface area (Å²) in [4.78, 5) is 30.0. The number of benzene rings is 3. The number of para-hydroxylation sites is 1. The average Bonchev–Trinajstić information content (AvgIpc) is 2.76. The van der Waals surface area contributed by atoms with Gasteiger partial charge in [-0.05, 0) is 48.9 Å². The Balaban J connectivity index is 1.79. The number of aryl methyl sites for hydroxylation is 1. The summed E-state index contributed by atoms with van der Waals surface area (Å²) in [7, 11) is 1.60. The minimum atomic E-state index is -0.745. The van der Waals surface area contributed by atoms with Gasteiger partial charge in [-0.3, -0.25) is 14.5 Å². The number of piperazine rings is 1. The lowest BCUT2D eigenvalue weighted by Crippen LogP contribution is -2.56. The van der Waals surface area contributed by atoms with Crippen LogP contribution < -0.4 is 14.5 Å². The summed E-state index contributed by atoms with van der Waals surface area (Å²) in [6.45, 7) is 1.99. The molecule has 0 spiro atoms. The van der Waals surface area contributed by atoms with Crippen LogP contribution in [0.15, 0.2) is 78.9 Å². The van der Waals surface area contributed by atoms with Crippen LogP contribution in [-0.4, -0.2) is 25.5 Å². The summed E-state index contributed by atoms with van der Waals surface area (Å²) in [5, 5.41) is 0. The van der Waals surface area contributed by atoms with Crippen LogP contribution in [0.4, 0.5) is 11.4 Å². The molecule has 1 saturated heterocycles. The standard InChI is InChI=1S/C24H22N2O3/c1-17-8-12-19(13-9-17)25-16-22(27)26(20-6-4-3-5-7-20)23(24(25)28)18-10-14-21(29-2)15-11-18/h3-15,23H,16H2,1-2H3. The van der Waals surface area contributed by atoms with Gasteiger partial charge in [0, 0.05) is 11.4 Å². The molecule has 29 heavy (non-hydrogen) atoms. The highest BCUT2D eigenvalue weighted by Crippen LogP contribution is 2.35. The van der Waals surface area contributed by atoms with Crippen molar-refractivity contribution in [2.75, 3.05) is 23.5 Å². The lowest BCUT2D eigenvalue weighted by atomic mass is 9.99. The number of ether oxygens (including phenoxy) is 1. The van der Waals surface area contributed by atoms with Crippen LogP contribution in [0.2, 0.25) is 0 Å². The van der Waals surface area contributed by atoms with Crippen molar-refractivity contribution in [1.29, 1.82) is 0 Å². The van der Waals surface area contributed by atoms with E-state index in [2.05, 4.69) is 0 Å². The van der Waals surface area contributed by atoms with Gasteiger partial charge in [0.05, 0.1) is 7.11 Å². The monoisotopic (exact) mass is 386 g/mol. The molecule has 5 nitrogen and oxygen atoms in total. The molecule has 1 heterocycles. The fourth-order valence-corrected chi connectivity index (χ4v) is 3.59. The molecule has 146 valence electrons. The molecule has 0 aromatic heterocycles. The van der Waals surface area contributed by atoms with E-state index in [0.29, 0.717) is 11.4 Å². The molecule has 1 aliphatic heterocycles. The molecule has 0 saturated carbocycles. The molecule has 2 amide bonds. The molecule has 0 radical (unpaired) electrons. The van der Waals surface area contributed by atoms with E-state index < -0.39 is 6.04 Å². The molecule has 0 aliphatic carbocycles. The van der Waals surface area contributed by atoms with Gasteiger partial charge in [0.25, 0.3) is 5.91 Å². The first-order valence-electron chi connectivity index (χ1n) is 9.47. The van der Waals surface area contributed by atoms with E-state index in [1.807, 2.05) is 73.7 Å². The maximum atomic E-state index is 13.6. The third-order valence-electron chi connectivity index (χ3n) is 5.13. The van der Waals surface area contributed by atoms with Crippen molar-refractivity contribution in [2.24, 2.45) is 0 Å². The Morgan fingerprint density at radius 2 is 1.48 bits per heavy atom. The van der Waals surface area contributed by atoms with Crippen molar-refractivity contribution in [3.05, 3.63) is 90.0 Å². The predicted octanol–water partition coefficient (Wildman–Crippen LogP) is 4.12. The van der Waals surface area contributed by atoms with Crippen molar-refractivity contribution >= 4 is 23.2 Å². The van der Waals surface area contributed by atoms with Crippen LogP contribution in [0, 0.1) is 6.92 Å². The van der Waals surface area contributed by atoms with Gasteiger partial charge in [0.1, 0.15) is 18.3 Å². The van der Waals surface area contributed by atoms with Crippen molar-refractivity contribution < 1.29 is 14.3 Å². The van der Waals surface area contributed by atoms with Crippen LogP contribution in [0.25, 0.3) is 0 Å². The first kappa shape index (κ1) is 18.7. The Morgan fingerprint density at radius 3 is 2.10 bits per heavy atom. The molecule has 1 fully saturated rings. The van der Waals surface area contributed by atoms with Gasteiger partial charge in [-0.2, -0.15) is 0 Å². The summed E-state index contributed by atoms with van der Waals surface area (Å²) in [6, 6.07) is 23.5. The van der Waals surface area contributed by atoms with Gasteiger partial charge in [-0.25, -0.2) is 0 Å². The van der Waals surface area contributed by atoms with Crippen molar-refractivity contribution in [2.45, 2.75) is 13.0 Å². The summed E-state index contributed by atoms with van der Waals surface area (Å²) in [5.41, 5.74) is 3.27. The van der Waals surface area contributed by atoms with E-state index in [-0.39, 0.29) is 18.4 Å². The number of amides is 2. The predicted molar refractivity (Wildman–Crippen MR) is 113 cm³/mol. The van der Waals surface area contributed by atoms with Gasteiger partial charge < -0.3 is 9.64 Å². The smallest absolute Gasteiger partial charge is 0.255 e. The fraction of sp³-hybridized carbons (Fsp3) is 0.167. The van der Waals surface area contributed by atoms with Gasteiger partial charge in [0.15, 0.2) is 0 Å². The first-order valence-corrected chi connectivity index (χ1v) is 9.47. The van der Waals surface area contributed by atoms with E-state index in [4.69, 9.17) is 4.74 Å². The number of carbonyl (C=O) groups excluding carboxylic acids is 2. The third kappa shape index (κ3) is 3.59. The summed E-state index contributed by atoms with van der Waals surface area (Å²) >= 11 is 0. The van der Waals surface area contributed by atoms with Crippen LogP contribution in [-0.2, 0) is 9.59 Å². The molecular weight excluding hydrogens is 364 g/mol. The van der Waals surface area contributed by atoms with Gasteiger partial charge in [0.2, 0.25) is 5.91 Å². The highest BCUT2D eigenvalue weighted by Gasteiger charge is 2.41. The quantitative estimate of drug-likeness (QED) is 0.678. The Kier molecular flexibility index (Phi) is 5.04. The van der Waals surface area contributed by atoms with Crippen LogP contribution >= 0.6 is 0 Å². The zero-order valence-electron chi connectivity index (χ0n) is 16.4.